The summed E-state index contributed by atoms with van der Waals surface area (Å²) in [6, 6.07) is 9.68. The van der Waals surface area contributed by atoms with Crippen LogP contribution in [-0.4, -0.2) is 16.7 Å². The molecule has 144 valence electrons. The summed E-state index contributed by atoms with van der Waals surface area (Å²) in [7, 11) is 0. The van der Waals surface area contributed by atoms with Gasteiger partial charge >= 0.3 is 5.00 Å². The van der Waals surface area contributed by atoms with Gasteiger partial charge in [-0.2, -0.15) is 0 Å². The molecule has 4 rings (SSSR count). The second-order valence-electron chi connectivity index (χ2n) is 6.13. The van der Waals surface area contributed by atoms with Crippen molar-refractivity contribution in [3.63, 3.8) is 0 Å². The summed E-state index contributed by atoms with van der Waals surface area (Å²) < 4.78 is 5.78. The monoisotopic (exact) mass is 409 g/mol. The van der Waals surface area contributed by atoms with Crippen molar-refractivity contribution in [2.45, 2.75) is 0 Å². The molecule has 9 nitrogen and oxygen atoms in total. The van der Waals surface area contributed by atoms with Gasteiger partial charge in [0.15, 0.2) is 0 Å². The molecular weight excluding hydrogens is 398 g/mol. The van der Waals surface area contributed by atoms with E-state index in [-0.39, 0.29) is 43.6 Å². The second-order valence-corrected chi connectivity index (χ2v) is 7.19. The van der Waals surface area contributed by atoms with Gasteiger partial charge in [-0.25, -0.2) is 0 Å². The Morgan fingerprint density at radius 1 is 1.00 bits per heavy atom. The van der Waals surface area contributed by atoms with Crippen molar-refractivity contribution in [3.05, 3.63) is 73.9 Å². The zero-order valence-electron chi connectivity index (χ0n) is 14.5. The molecule has 2 aromatic carbocycles. The molecule has 2 aromatic heterocycles. The number of amides is 2. The van der Waals surface area contributed by atoms with E-state index in [2.05, 4.69) is 0 Å². The van der Waals surface area contributed by atoms with E-state index in [0.29, 0.717) is 4.88 Å². The molecule has 0 bridgehead atoms. The number of benzene rings is 2. The lowest BCUT2D eigenvalue weighted by Gasteiger charge is -2.10. The van der Waals surface area contributed by atoms with Crippen molar-refractivity contribution in [2.75, 3.05) is 0 Å². The molecule has 0 unspecified atom stereocenters. The molecule has 0 aliphatic rings. The van der Waals surface area contributed by atoms with Crippen LogP contribution < -0.4 is 16.9 Å². The number of hydrogen-bond donors (Lipinski definition) is 2. The highest BCUT2D eigenvalue weighted by atomic mass is 32.1. The molecule has 0 saturated carbocycles. The minimum absolute atomic E-state index is 0.0367. The van der Waals surface area contributed by atoms with Gasteiger partial charge in [-0.15, -0.1) is 0 Å². The summed E-state index contributed by atoms with van der Waals surface area (Å²) in [5, 5.41) is 11.1. The lowest BCUT2D eigenvalue weighted by Crippen LogP contribution is -2.15. The Morgan fingerprint density at radius 2 is 1.76 bits per heavy atom. The van der Waals surface area contributed by atoms with Crippen LogP contribution >= 0.6 is 11.3 Å². The van der Waals surface area contributed by atoms with E-state index >= 15 is 0 Å². The van der Waals surface area contributed by atoms with Crippen LogP contribution in [0.3, 0.4) is 0 Å². The van der Waals surface area contributed by atoms with Crippen LogP contribution in [0.2, 0.25) is 0 Å². The van der Waals surface area contributed by atoms with Crippen LogP contribution in [0.5, 0.6) is 0 Å². The van der Waals surface area contributed by atoms with E-state index in [1.165, 1.54) is 42.5 Å². The molecule has 0 aliphatic carbocycles. The van der Waals surface area contributed by atoms with Crippen LogP contribution in [0.1, 0.15) is 20.7 Å². The lowest BCUT2D eigenvalue weighted by atomic mass is 9.98. The predicted octanol–water partition coefficient (Wildman–Crippen LogP) is 2.78. The number of nitro groups is 1. The summed E-state index contributed by atoms with van der Waals surface area (Å²) in [5.41, 5.74) is 10.9. The van der Waals surface area contributed by atoms with Crippen molar-refractivity contribution in [1.29, 1.82) is 0 Å². The molecule has 2 heterocycles. The zero-order chi connectivity index (χ0) is 20.9. The molecule has 4 aromatic rings. The number of nitrogens with zero attached hydrogens (tertiary/aromatic N) is 1. The second kappa shape index (κ2) is 6.53. The maximum Gasteiger partial charge on any atom is 0.324 e. The molecule has 10 heteroatoms. The molecule has 0 spiro atoms. The molecule has 0 radical (unpaired) electrons. The van der Waals surface area contributed by atoms with Gasteiger partial charge in [-0.1, -0.05) is 11.3 Å². The number of fused-ring (bicyclic) bond motifs is 2. The van der Waals surface area contributed by atoms with E-state index in [0.717, 1.165) is 11.3 Å². The molecule has 0 saturated heterocycles. The van der Waals surface area contributed by atoms with Crippen LogP contribution in [0.4, 0.5) is 5.00 Å². The largest absolute Gasteiger partial charge is 0.456 e. The van der Waals surface area contributed by atoms with Crippen molar-refractivity contribution < 1.29 is 18.9 Å². The number of carbonyl (C=O) groups is 2. The van der Waals surface area contributed by atoms with Gasteiger partial charge < -0.3 is 15.9 Å². The van der Waals surface area contributed by atoms with Crippen LogP contribution in [0, 0.1) is 10.1 Å². The molecule has 0 aliphatic heterocycles. The van der Waals surface area contributed by atoms with E-state index in [9.17, 15) is 24.5 Å². The topological polar surface area (TPSA) is 160 Å². The quantitative estimate of drug-likeness (QED) is 0.299. The third-order valence-electron chi connectivity index (χ3n) is 4.41. The van der Waals surface area contributed by atoms with E-state index in [4.69, 9.17) is 15.9 Å². The van der Waals surface area contributed by atoms with Crippen molar-refractivity contribution in [1.82, 2.24) is 0 Å². The third kappa shape index (κ3) is 2.91. The zero-order valence-corrected chi connectivity index (χ0v) is 15.3. The van der Waals surface area contributed by atoms with Gasteiger partial charge in [0.2, 0.25) is 17.2 Å². The molecule has 29 heavy (non-hydrogen) atoms. The Balaban J connectivity index is 2.14. The van der Waals surface area contributed by atoms with E-state index in [1.807, 2.05) is 0 Å². The number of rotatable bonds is 4. The normalized spacial score (nSPS) is 11.0. The van der Waals surface area contributed by atoms with Crippen molar-refractivity contribution >= 4 is 50.1 Å². The highest BCUT2D eigenvalue weighted by molar-refractivity contribution is 7.18. The Morgan fingerprint density at radius 3 is 2.38 bits per heavy atom. The molecular formula is C19H11N3O6S. The average Bonchev–Trinajstić information content (AvgIpc) is 3.17. The highest BCUT2D eigenvalue weighted by Crippen LogP contribution is 2.38. The summed E-state index contributed by atoms with van der Waals surface area (Å²) in [6.45, 7) is 0. The fourth-order valence-electron chi connectivity index (χ4n) is 3.12. The number of hydrogen-bond acceptors (Lipinski definition) is 7. The fourth-order valence-corrected chi connectivity index (χ4v) is 4.00. The average molecular weight is 409 g/mol. The summed E-state index contributed by atoms with van der Waals surface area (Å²) in [6.07, 6.45) is 0. The number of primary amides is 2. The molecule has 0 atom stereocenters. The van der Waals surface area contributed by atoms with Crippen LogP contribution in [0.25, 0.3) is 32.4 Å². The Bertz CT molecular complexity index is 1420. The van der Waals surface area contributed by atoms with Crippen LogP contribution in [-0.2, 0) is 0 Å². The number of nitrogens with two attached hydrogens (primary N) is 2. The van der Waals surface area contributed by atoms with Gasteiger partial charge in [0, 0.05) is 27.6 Å². The third-order valence-corrected chi connectivity index (χ3v) is 5.46. The van der Waals surface area contributed by atoms with Gasteiger partial charge in [-0.05, 0) is 36.4 Å². The summed E-state index contributed by atoms with van der Waals surface area (Å²) in [4.78, 5) is 47.4. The SMILES string of the molecule is NC(=O)c1ccc2c(=O)c3c(-c4ccc([N+](=O)[O-])s4)c(C(N)=O)ccc3oc2c1. The summed E-state index contributed by atoms with van der Waals surface area (Å²) >= 11 is 0.812. The van der Waals surface area contributed by atoms with Crippen molar-refractivity contribution in [3.8, 4) is 10.4 Å². The number of carbonyl (C=O) groups excluding carboxylic acids is 2. The van der Waals surface area contributed by atoms with Gasteiger partial charge in [0.25, 0.3) is 0 Å². The lowest BCUT2D eigenvalue weighted by molar-refractivity contribution is -0.380. The highest BCUT2D eigenvalue weighted by Gasteiger charge is 2.22. The van der Waals surface area contributed by atoms with E-state index in [1.54, 1.807) is 0 Å². The molecule has 0 fully saturated rings. The maximum atomic E-state index is 13.2. The van der Waals surface area contributed by atoms with Crippen molar-refractivity contribution in [2.24, 2.45) is 11.5 Å². The van der Waals surface area contributed by atoms with Gasteiger partial charge in [-0.3, -0.25) is 24.5 Å². The first-order valence-corrected chi connectivity index (χ1v) is 8.97. The van der Waals surface area contributed by atoms with E-state index < -0.39 is 22.2 Å². The Kier molecular flexibility index (Phi) is 4.13. The predicted molar refractivity (Wildman–Crippen MR) is 107 cm³/mol. The van der Waals surface area contributed by atoms with Gasteiger partial charge in [0.1, 0.15) is 11.2 Å². The molecule has 4 N–H and O–H groups in total. The Hall–Kier alpha value is -4.05. The first kappa shape index (κ1) is 18.3. The summed E-state index contributed by atoms with van der Waals surface area (Å²) in [5.74, 6) is -1.47. The van der Waals surface area contributed by atoms with Gasteiger partial charge in [0.05, 0.1) is 15.7 Å². The minimum Gasteiger partial charge on any atom is -0.456 e. The number of thiophene rings is 1. The standard InChI is InChI=1S/C19H11N3O6S/c20-18(24)8-1-2-9-12(7-8)28-11-4-3-10(19(21)25)15(16(11)17(9)23)13-5-6-14(29-13)22(26)27/h1-7H,(H2,20,24)(H2,21,25). The minimum atomic E-state index is -0.790. The Labute approximate surface area is 165 Å². The smallest absolute Gasteiger partial charge is 0.324 e. The first-order chi connectivity index (χ1) is 13.8. The maximum absolute atomic E-state index is 13.2. The molecule has 2 amide bonds. The van der Waals surface area contributed by atoms with Crippen LogP contribution in [0.15, 0.2) is 51.7 Å². The first-order valence-electron chi connectivity index (χ1n) is 8.15. The fraction of sp³-hybridized carbons (Fsp3) is 0.